The van der Waals surface area contributed by atoms with Crippen LogP contribution in [0.2, 0.25) is 0 Å². The monoisotopic (exact) mass is 470 g/mol. The average molecular weight is 472 g/mol. The van der Waals surface area contributed by atoms with Gasteiger partial charge in [-0.15, -0.1) is 0 Å². The van der Waals surface area contributed by atoms with Gasteiger partial charge in [0.2, 0.25) is 0 Å². The second kappa shape index (κ2) is 10.00. The molecule has 0 amide bonds. The lowest BCUT2D eigenvalue weighted by molar-refractivity contribution is -0.277. The third kappa shape index (κ3) is 5.75. The highest BCUT2D eigenvalue weighted by Crippen LogP contribution is 2.41. The molecule has 12 heteroatoms. The predicted molar refractivity (Wildman–Crippen MR) is 86.1 cm³/mol. The van der Waals surface area contributed by atoms with Gasteiger partial charge in [-0.25, -0.2) is 10.2 Å². The molecule has 5 atom stereocenters. The molecule has 9 nitrogen and oxygen atoms in total. The number of hydrogen-bond donors (Lipinski definition) is 6. The molecule has 1 rings (SSSR count). The molecule has 1 heterocycles. The SMILES string of the molecule is O=P(NCCBr)(NCCBr)O[C@H]1OC(CO)[C@@H](O)C(O)C1O. The summed E-state index contributed by atoms with van der Waals surface area (Å²) in [6, 6.07) is 0. The van der Waals surface area contributed by atoms with Gasteiger partial charge >= 0.3 is 7.67 Å². The summed E-state index contributed by atoms with van der Waals surface area (Å²) >= 11 is 6.37. The quantitative estimate of drug-likeness (QED) is 0.182. The van der Waals surface area contributed by atoms with Gasteiger partial charge in [0.05, 0.1) is 6.61 Å². The second-order valence-electron chi connectivity index (χ2n) is 4.55. The van der Waals surface area contributed by atoms with E-state index < -0.39 is 45.0 Å². The van der Waals surface area contributed by atoms with Gasteiger partial charge in [-0.05, 0) is 0 Å². The van der Waals surface area contributed by atoms with Gasteiger partial charge < -0.3 is 25.2 Å². The molecular formula is C10H21Br2N2O7P. The smallest absolute Gasteiger partial charge is 0.343 e. The van der Waals surface area contributed by atoms with Crippen LogP contribution in [0.4, 0.5) is 0 Å². The van der Waals surface area contributed by atoms with E-state index in [1.807, 2.05) is 0 Å². The van der Waals surface area contributed by atoms with E-state index in [4.69, 9.17) is 14.4 Å². The van der Waals surface area contributed by atoms with Gasteiger partial charge in [0.1, 0.15) is 24.4 Å². The molecule has 0 aliphatic carbocycles. The number of nitrogens with one attached hydrogen (secondary N) is 2. The zero-order valence-corrected chi connectivity index (χ0v) is 15.7. The van der Waals surface area contributed by atoms with Crippen LogP contribution in [0.1, 0.15) is 0 Å². The van der Waals surface area contributed by atoms with Crippen LogP contribution in [-0.4, -0.2) is 81.5 Å². The van der Waals surface area contributed by atoms with E-state index in [0.29, 0.717) is 23.7 Å². The van der Waals surface area contributed by atoms with Crippen molar-refractivity contribution in [3.05, 3.63) is 0 Å². The van der Waals surface area contributed by atoms with Crippen LogP contribution in [0.25, 0.3) is 0 Å². The minimum absolute atomic E-state index is 0.323. The maximum Gasteiger partial charge on any atom is 0.343 e. The van der Waals surface area contributed by atoms with Crippen molar-refractivity contribution in [1.82, 2.24) is 10.2 Å². The number of alkyl halides is 2. The number of aliphatic hydroxyl groups excluding tert-OH is 4. The molecular weight excluding hydrogens is 451 g/mol. The molecule has 6 N–H and O–H groups in total. The molecule has 22 heavy (non-hydrogen) atoms. The Bertz CT molecular complexity index is 367. The lowest BCUT2D eigenvalue weighted by Gasteiger charge is -2.40. The van der Waals surface area contributed by atoms with Crippen molar-refractivity contribution >= 4 is 39.5 Å². The Morgan fingerprint density at radius 3 is 2.05 bits per heavy atom. The van der Waals surface area contributed by atoms with E-state index in [-0.39, 0.29) is 0 Å². The summed E-state index contributed by atoms with van der Waals surface area (Å²) in [4.78, 5) is 0. The summed E-state index contributed by atoms with van der Waals surface area (Å²) in [6.07, 6.45) is -7.28. The first kappa shape index (κ1) is 20.9. The zero-order chi connectivity index (χ0) is 16.8. The van der Waals surface area contributed by atoms with Crippen molar-refractivity contribution in [1.29, 1.82) is 0 Å². The molecule has 0 aromatic rings. The summed E-state index contributed by atoms with van der Waals surface area (Å²) in [5.41, 5.74) is 0. The lowest BCUT2D eigenvalue weighted by Crippen LogP contribution is -2.59. The van der Waals surface area contributed by atoms with Gasteiger partial charge in [0.15, 0.2) is 6.29 Å². The predicted octanol–water partition coefficient (Wildman–Crippen LogP) is -1.12. The minimum atomic E-state index is -3.56. The van der Waals surface area contributed by atoms with Crippen LogP contribution < -0.4 is 10.2 Å². The van der Waals surface area contributed by atoms with E-state index in [9.17, 15) is 19.9 Å². The number of ether oxygens (including phenoxy) is 1. The molecule has 0 bridgehead atoms. The van der Waals surface area contributed by atoms with E-state index in [2.05, 4.69) is 42.0 Å². The molecule has 132 valence electrons. The van der Waals surface area contributed by atoms with Crippen molar-refractivity contribution in [2.24, 2.45) is 0 Å². The third-order valence-corrected chi connectivity index (χ3v) is 5.51. The van der Waals surface area contributed by atoms with Crippen LogP contribution in [0, 0.1) is 0 Å². The van der Waals surface area contributed by atoms with Gasteiger partial charge in [-0.2, -0.15) is 0 Å². The minimum Gasteiger partial charge on any atom is -0.394 e. The van der Waals surface area contributed by atoms with E-state index in [1.54, 1.807) is 0 Å². The van der Waals surface area contributed by atoms with Crippen molar-refractivity contribution < 1.29 is 34.3 Å². The Hall–Kier alpha value is 0.870. The van der Waals surface area contributed by atoms with Gasteiger partial charge in [-0.1, -0.05) is 31.9 Å². The van der Waals surface area contributed by atoms with Crippen LogP contribution in [0.15, 0.2) is 0 Å². The standard InChI is InChI=1S/C10H21Br2N2O7P/c11-1-3-13-22(19,14-4-2-12)21-10-9(18)8(17)7(16)6(5-15)20-10/h6-10,15-18H,1-5H2,(H2,13,14,19)/t6?,7-,8?,9?,10-/m1/s1. The number of aliphatic hydroxyl groups is 4. The molecule has 1 aliphatic heterocycles. The fourth-order valence-corrected chi connectivity index (χ4v) is 4.36. The topological polar surface area (TPSA) is 141 Å². The molecule has 0 aromatic carbocycles. The van der Waals surface area contributed by atoms with Crippen molar-refractivity contribution in [3.63, 3.8) is 0 Å². The maximum atomic E-state index is 12.6. The molecule has 1 saturated heterocycles. The first-order valence-electron chi connectivity index (χ1n) is 6.59. The lowest BCUT2D eigenvalue weighted by atomic mass is 10.00. The van der Waals surface area contributed by atoms with Crippen molar-refractivity contribution in [2.75, 3.05) is 30.4 Å². The molecule has 3 unspecified atom stereocenters. The molecule has 1 aliphatic rings. The summed E-state index contributed by atoms with van der Waals surface area (Å²) < 4.78 is 23.1. The Morgan fingerprint density at radius 1 is 1.05 bits per heavy atom. The first-order chi connectivity index (χ1) is 10.4. The molecule has 0 radical (unpaired) electrons. The first-order valence-corrected chi connectivity index (χ1v) is 10.5. The maximum absolute atomic E-state index is 12.6. The van der Waals surface area contributed by atoms with Crippen molar-refractivity contribution in [2.45, 2.75) is 30.7 Å². The normalized spacial score (nSPS) is 33.1. The molecule has 0 spiro atoms. The number of halogens is 2. The molecule has 0 saturated carbocycles. The van der Waals surface area contributed by atoms with Crippen LogP contribution in [0.5, 0.6) is 0 Å². The fourth-order valence-electron chi connectivity index (χ4n) is 1.81. The number of rotatable bonds is 9. The van der Waals surface area contributed by atoms with Gasteiger partial charge in [0.25, 0.3) is 0 Å². The summed E-state index contributed by atoms with van der Waals surface area (Å²) in [5, 5.41) is 44.8. The van der Waals surface area contributed by atoms with Crippen LogP contribution >= 0.6 is 39.5 Å². The van der Waals surface area contributed by atoms with Crippen LogP contribution in [-0.2, 0) is 13.8 Å². The molecule has 1 fully saturated rings. The van der Waals surface area contributed by atoms with Crippen LogP contribution in [0.3, 0.4) is 0 Å². The average Bonchev–Trinajstić information content (AvgIpc) is 2.51. The second-order valence-corrected chi connectivity index (χ2v) is 8.08. The van der Waals surface area contributed by atoms with E-state index >= 15 is 0 Å². The Labute approximate surface area is 145 Å². The third-order valence-electron chi connectivity index (χ3n) is 2.93. The highest BCUT2D eigenvalue weighted by Gasteiger charge is 2.46. The molecule has 0 aromatic heterocycles. The van der Waals surface area contributed by atoms with Crippen molar-refractivity contribution in [3.8, 4) is 0 Å². The Morgan fingerprint density at radius 2 is 1.59 bits per heavy atom. The Kier molecular flexibility index (Phi) is 9.50. The fraction of sp³-hybridized carbons (Fsp3) is 1.00. The largest absolute Gasteiger partial charge is 0.394 e. The number of hydrogen-bond acceptors (Lipinski definition) is 7. The highest BCUT2D eigenvalue weighted by molar-refractivity contribution is 9.09. The summed E-state index contributed by atoms with van der Waals surface area (Å²) in [7, 11) is -3.56. The summed E-state index contributed by atoms with van der Waals surface area (Å²) in [6.45, 7) is 0.0622. The highest BCUT2D eigenvalue weighted by atomic mass is 79.9. The van der Waals surface area contributed by atoms with Gasteiger partial charge in [-0.3, -0.25) is 9.09 Å². The zero-order valence-electron chi connectivity index (χ0n) is 11.6. The summed E-state index contributed by atoms with van der Waals surface area (Å²) in [5.74, 6) is 0. The van der Waals surface area contributed by atoms with E-state index in [0.717, 1.165) is 0 Å². The Balaban J connectivity index is 2.79. The van der Waals surface area contributed by atoms with Gasteiger partial charge in [0, 0.05) is 23.7 Å². The van der Waals surface area contributed by atoms with E-state index in [1.165, 1.54) is 0 Å².